The van der Waals surface area contributed by atoms with Crippen LogP contribution < -0.4 is 5.32 Å². The highest BCUT2D eigenvalue weighted by molar-refractivity contribution is 5.94. The van der Waals surface area contributed by atoms with Gasteiger partial charge in [-0.3, -0.25) is 9.59 Å². The van der Waals surface area contributed by atoms with Gasteiger partial charge in [-0.05, 0) is 61.0 Å². The smallest absolute Gasteiger partial charge is 0.251 e. The molecule has 2 aliphatic carbocycles. The predicted molar refractivity (Wildman–Crippen MR) is 123 cm³/mol. The first-order chi connectivity index (χ1) is 15.2. The molecular formula is C26H37N3O3. The molecule has 32 heavy (non-hydrogen) atoms. The highest BCUT2D eigenvalue weighted by Gasteiger charge is 2.54. The second-order valence-electron chi connectivity index (χ2n) is 10.2. The third-order valence-electron chi connectivity index (χ3n) is 8.21. The van der Waals surface area contributed by atoms with E-state index < -0.39 is 6.10 Å². The number of nitrogens with one attached hydrogen (secondary N) is 1. The largest absolute Gasteiger partial charge is 0.392 e. The summed E-state index contributed by atoms with van der Waals surface area (Å²) in [4.78, 5) is 27.3. The molecule has 2 saturated carbocycles. The van der Waals surface area contributed by atoms with Gasteiger partial charge in [-0.2, -0.15) is 5.26 Å². The Morgan fingerprint density at radius 3 is 2.59 bits per heavy atom. The maximum atomic E-state index is 12.9. The summed E-state index contributed by atoms with van der Waals surface area (Å²) < 4.78 is 0. The van der Waals surface area contributed by atoms with Gasteiger partial charge in [0.05, 0.1) is 18.6 Å². The number of amides is 2. The second-order valence-corrected chi connectivity index (χ2v) is 10.2. The first-order valence-electron chi connectivity index (χ1n) is 11.9. The monoisotopic (exact) mass is 439 g/mol. The average Bonchev–Trinajstić information content (AvgIpc) is 2.79. The summed E-state index contributed by atoms with van der Waals surface area (Å²) in [5.74, 6) is -0.365. The lowest BCUT2D eigenvalue weighted by molar-refractivity contribution is -0.149. The van der Waals surface area contributed by atoms with Gasteiger partial charge < -0.3 is 15.3 Å². The Kier molecular flexibility index (Phi) is 7.61. The van der Waals surface area contributed by atoms with E-state index in [0.717, 1.165) is 25.7 Å². The number of nitrogens with zero attached hydrogens (tertiary/aromatic N) is 2. The van der Waals surface area contributed by atoms with Crippen LogP contribution in [0.3, 0.4) is 0 Å². The van der Waals surface area contributed by atoms with Crippen LogP contribution in [0.2, 0.25) is 0 Å². The molecule has 0 saturated heterocycles. The Morgan fingerprint density at radius 2 is 1.94 bits per heavy atom. The van der Waals surface area contributed by atoms with Gasteiger partial charge in [0.1, 0.15) is 0 Å². The third kappa shape index (κ3) is 4.83. The van der Waals surface area contributed by atoms with Gasteiger partial charge in [-0.1, -0.05) is 39.0 Å². The molecule has 2 amide bonds. The molecule has 2 N–H and O–H groups in total. The van der Waals surface area contributed by atoms with Crippen LogP contribution in [0.4, 0.5) is 0 Å². The SMILES string of the molecule is CC(C(=O)N(C)CCC#N)C1CCC2(C)CCC(NC(=O)c3ccccc3)C(C)C2C1O. The fourth-order valence-corrected chi connectivity index (χ4v) is 6.20. The van der Waals surface area contributed by atoms with E-state index >= 15 is 0 Å². The fraction of sp³-hybridized carbons (Fsp3) is 0.654. The molecular weight excluding hydrogens is 402 g/mol. The number of hydrogen-bond donors (Lipinski definition) is 2. The number of rotatable bonds is 6. The number of carbonyl (C=O) groups is 2. The summed E-state index contributed by atoms with van der Waals surface area (Å²) in [5, 5.41) is 23.5. The molecule has 6 heteroatoms. The van der Waals surface area contributed by atoms with Crippen LogP contribution in [-0.2, 0) is 4.79 Å². The van der Waals surface area contributed by atoms with Crippen molar-refractivity contribution in [1.82, 2.24) is 10.2 Å². The minimum atomic E-state index is -0.594. The van der Waals surface area contributed by atoms with E-state index in [9.17, 15) is 14.7 Å². The lowest BCUT2D eigenvalue weighted by Gasteiger charge is -2.56. The van der Waals surface area contributed by atoms with Gasteiger partial charge in [0.15, 0.2) is 0 Å². The number of fused-ring (bicyclic) bond motifs is 1. The molecule has 1 aromatic carbocycles. The summed E-state index contributed by atoms with van der Waals surface area (Å²) >= 11 is 0. The predicted octanol–water partition coefficient (Wildman–Crippen LogP) is 3.62. The highest BCUT2D eigenvalue weighted by atomic mass is 16.3. The van der Waals surface area contributed by atoms with E-state index in [1.54, 1.807) is 11.9 Å². The second kappa shape index (κ2) is 10.0. The Morgan fingerprint density at radius 1 is 1.28 bits per heavy atom. The normalized spacial score (nSPS) is 32.8. The van der Waals surface area contributed by atoms with Crippen molar-refractivity contribution in [3.63, 3.8) is 0 Å². The van der Waals surface area contributed by atoms with Crippen molar-refractivity contribution in [1.29, 1.82) is 5.26 Å². The van der Waals surface area contributed by atoms with Crippen LogP contribution >= 0.6 is 0 Å². The van der Waals surface area contributed by atoms with Gasteiger partial charge >= 0.3 is 0 Å². The van der Waals surface area contributed by atoms with Crippen molar-refractivity contribution >= 4 is 11.8 Å². The van der Waals surface area contributed by atoms with E-state index in [-0.39, 0.29) is 46.9 Å². The highest BCUT2D eigenvalue weighted by Crippen LogP contribution is 2.55. The standard InChI is InChI=1S/C26H37N3O3/c1-17(25(32)29(4)16-8-15-27)20-11-13-26(3)14-12-21(18(2)22(26)23(20)30)28-24(31)19-9-6-5-7-10-19/h5-7,9-10,17-18,20-23,30H,8,11-14,16H2,1-4H3,(H,28,31). The van der Waals surface area contributed by atoms with E-state index in [2.05, 4.69) is 25.2 Å². The van der Waals surface area contributed by atoms with Crippen LogP contribution in [0.25, 0.3) is 0 Å². The zero-order valence-corrected chi connectivity index (χ0v) is 19.8. The summed E-state index contributed by atoms with van der Waals surface area (Å²) in [7, 11) is 1.73. The first-order valence-corrected chi connectivity index (χ1v) is 11.9. The number of aliphatic hydroxyl groups is 1. The van der Waals surface area contributed by atoms with Crippen LogP contribution in [0.5, 0.6) is 0 Å². The molecule has 0 bridgehead atoms. The zero-order chi connectivity index (χ0) is 23.5. The van der Waals surface area contributed by atoms with Gasteiger partial charge in [-0.15, -0.1) is 0 Å². The fourth-order valence-electron chi connectivity index (χ4n) is 6.20. The molecule has 0 radical (unpaired) electrons. The molecule has 7 unspecified atom stereocenters. The third-order valence-corrected chi connectivity index (χ3v) is 8.21. The minimum absolute atomic E-state index is 0.00140. The van der Waals surface area contributed by atoms with Crippen LogP contribution in [0.1, 0.15) is 63.2 Å². The summed E-state index contributed by atoms with van der Waals surface area (Å²) in [6, 6.07) is 11.3. The van der Waals surface area contributed by atoms with Crippen molar-refractivity contribution in [2.45, 2.75) is 65.0 Å². The Balaban J connectivity index is 1.73. The number of nitriles is 1. The number of benzene rings is 1. The molecule has 6 nitrogen and oxygen atoms in total. The van der Waals surface area contributed by atoms with Gasteiger partial charge in [0.25, 0.3) is 5.91 Å². The van der Waals surface area contributed by atoms with E-state index in [0.29, 0.717) is 18.5 Å². The molecule has 0 aliphatic heterocycles. The molecule has 2 fully saturated rings. The number of aliphatic hydroxyl groups excluding tert-OH is 1. The molecule has 0 heterocycles. The van der Waals surface area contributed by atoms with Crippen LogP contribution in [-0.4, -0.2) is 47.6 Å². The molecule has 1 aromatic rings. The van der Waals surface area contributed by atoms with Gasteiger partial charge in [-0.25, -0.2) is 0 Å². The van der Waals surface area contributed by atoms with E-state index in [4.69, 9.17) is 5.26 Å². The van der Waals surface area contributed by atoms with Crippen molar-refractivity contribution < 1.29 is 14.7 Å². The minimum Gasteiger partial charge on any atom is -0.392 e. The van der Waals surface area contributed by atoms with Crippen molar-refractivity contribution in [2.75, 3.05) is 13.6 Å². The van der Waals surface area contributed by atoms with Crippen LogP contribution in [0, 0.1) is 40.4 Å². The Hall–Kier alpha value is -2.39. The lowest BCUT2D eigenvalue weighted by Crippen LogP contribution is -2.58. The average molecular weight is 440 g/mol. The molecule has 3 rings (SSSR count). The van der Waals surface area contributed by atoms with Crippen molar-refractivity contribution in [3.05, 3.63) is 35.9 Å². The number of carbonyl (C=O) groups excluding carboxylic acids is 2. The van der Waals surface area contributed by atoms with Crippen LogP contribution in [0.15, 0.2) is 30.3 Å². The maximum Gasteiger partial charge on any atom is 0.251 e. The van der Waals surface area contributed by atoms with Crippen molar-refractivity contribution in [2.24, 2.45) is 29.1 Å². The van der Waals surface area contributed by atoms with E-state index in [1.807, 2.05) is 37.3 Å². The quantitative estimate of drug-likeness (QED) is 0.708. The van der Waals surface area contributed by atoms with Gasteiger partial charge in [0, 0.05) is 31.1 Å². The van der Waals surface area contributed by atoms with Crippen molar-refractivity contribution in [3.8, 4) is 6.07 Å². The summed E-state index contributed by atoms with van der Waals surface area (Å²) in [5.41, 5.74) is 0.661. The molecule has 7 atom stereocenters. The first kappa shape index (κ1) is 24.3. The maximum absolute atomic E-state index is 12.9. The molecule has 0 aromatic heterocycles. The Bertz CT molecular complexity index is 852. The summed E-state index contributed by atoms with van der Waals surface area (Å²) in [6.45, 7) is 6.71. The van der Waals surface area contributed by atoms with Gasteiger partial charge in [0.2, 0.25) is 5.91 Å². The lowest BCUT2D eigenvalue weighted by atomic mass is 9.51. The topological polar surface area (TPSA) is 93.4 Å². The molecule has 2 aliphatic rings. The number of hydrogen-bond acceptors (Lipinski definition) is 4. The van der Waals surface area contributed by atoms with E-state index in [1.165, 1.54) is 0 Å². The molecule has 0 spiro atoms. The molecule has 174 valence electrons. The Labute approximate surface area is 192 Å². The summed E-state index contributed by atoms with van der Waals surface area (Å²) in [6.07, 6.45) is 3.36. The zero-order valence-electron chi connectivity index (χ0n) is 19.8.